The first-order valence-electron chi connectivity index (χ1n) is 8.97. The van der Waals surface area contributed by atoms with E-state index in [0.29, 0.717) is 16.4 Å². The monoisotopic (exact) mass is 383 g/mol. The molecule has 27 heavy (non-hydrogen) atoms. The summed E-state index contributed by atoms with van der Waals surface area (Å²) in [4.78, 5) is 12.9. The SMILES string of the molecule is Cc1ccc(NC(=O)c2nn(-c3ccc(F)cc3)c3c2CCCC3)c(Cl)c1. The van der Waals surface area contributed by atoms with Crippen molar-refractivity contribution in [1.82, 2.24) is 9.78 Å². The lowest BCUT2D eigenvalue weighted by Crippen LogP contribution is -2.16. The van der Waals surface area contributed by atoms with Gasteiger partial charge in [-0.05, 0) is 74.6 Å². The molecule has 1 aliphatic rings. The Hall–Kier alpha value is -2.66. The van der Waals surface area contributed by atoms with Gasteiger partial charge in [0.2, 0.25) is 0 Å². The standard InChI is InChI=1S/C21H19ClFN3O/c1-13-6-11-18(17(22)12-13)24-21(27)20-16-4-2-3-5-19(16)26(25-20)15-9-7-14(23)8-10-15/h6-12H,2-5H2,1H3,(H,24,27). The molecule has 0 aliphatic heterocycles. The first kappa shape index (κ1) is 17.7. The highest BCUT2D eigenvalue weighted by Gasteiger charge is 2.26. The Morgan fingerprint density at radius 2 is 1.89 bits per heavy atom. The molecule has 4 rings (SSSR count). The van der Waals surface area contributed by atoms with Crippen molar-refractivity contribution in [3.05, 3.63) is 75.8 Å². The van der Waals surface area contributed by atoms with E-state index in [1.165, 1.54) is 12.1 Å². The summed E-state index contributed by atoms with van der Waals surface area (Å²) >= 11 is 6.24. The second-order valence-electron chi connectivity index (χ2n) is 6.81. The molecule has 0 unspecified atom stereocenters. The highest BCUT2D eigenvalue weighted by molar-refractivity contribution is 6.34. The number of rotatable bonds is 3. The molecule has 1 aliphatic carbocycles. The molecule has 0 spiro atoms. The van der Waals surface area contributed by atoms with Crippen LogP contribution in [0.3, 0.4) is 0 Å². The van der Waals surface area contributed by atoms with Gasteiger partial charge in [0.25, 0.3) is 5.91 Å². The largest absolute Gasteiger partial charge is 0.319 e. The van der Waals surface area contributed by atoms with Crippen LogP contribution in [0.1, 0.15) is 40.2 Å². The molecule has 1 N–H and O–H groups in total. The van der Waals surface area contributed by atoms with Gasteiger partial charge < -0.3 is 5.32 Å². The molecule has 1 heterocycles. The molecule has 1 amide bonds. The zero-order valence-corrected chi connectivity index (χ0v) is 15.7. The predicted molar refractivity (Wildman–Crippen MR) is 104 cm³/mol. The summed E-state index contributed by atoms with van der Waals surface area (Å²) in [6, 6.07) is 11.7. The number of hydrogen-bond donors (Lipinski definition) is 1. The number of benzene rings is 2. The number of halogens is 2. The number of carbonyl (C=O) groups excluding carboxylic acids is 1. The maximum Gasteiger partial charge on any atom is 0.276 e. The minimum atomic E-state index is -0.299. The maximum atomic E-state index is 13.3. The van der Waals surface area contributed by atoms with Crippen LogP contribution >= 0.6 is 11.6 Å². The Morgan fingerprint density at radius 1 is 1.15 bits per heavy atom. The summed E-state index contributed by atoms with van der Waals surface area (Å²) in [5, 5.41) is 7.94. The minimum Gasteiger partial charge on any atom is -0.319 e. The van der Waals surface area contributed by atoms with Crippen molar-refractivity contribution in [2.75, 3.05) is 5.32 Å². The van der Waals surface area contributed by atoms with Crippen molar-refractivity contribution < 1.29 is 9.18 Å². The van der Waals surface area contributed by atoms with E-state index in [9.17, 15) is 9.18 Å². The highest BCUT2D eigenvalue weighted by atomic mass is 35.5. The van der Waals surface area contributed by atoms with E-state index in [-0.39, 0.29) is 11.7 Å². The Bertz CT molecular complexity index is 1010. The molecule has 0 fully saturated rings. The van der Waals surface area contributed by atoms with Gasteiger partial charge in [-0.25, -0.2) is 9.07 Å². The summed E-state index contributed by atoms with van der Waals surface area (Å²) in [7, 11) is 0. The van der Waals surface area contributed by atoms with Gasteiger partial charge >= 0.3 is 0 Å². The number of aryl methyl sites for hydroxylation is 1. The molecule has 1 aromatic heterocycles. The summed E-state index contributed by atoms with van der Waals surface area (Å²) in [5.74, 6) is -0.577. The number of fused-ring (bicyclic) bond motifs is 1. The van der Waals surface area contributed by atoms with Crippen LogP contribution in [0.4, 0.5) is 10.1 Å². The van der Waals surface area contributed by atoms with Crippen LogP contribution in [0, 0.1) is 12.7 Å². The molecular formula is C21H19ClFN3O. The van der Waals surface area contributed by atoms with Crippen molar-refractivity contribution >= 4 is 23.2 Å². The van der Waals surface area contributed by atoms with Gasteiger partial charge in [-0.1, -0.05) is 17.7 Å². The lowest BCUT2D eigenvalue weighted by molar-refractivity contribution is 0.102. The van der Waals surface area contributed by atoms with E-state index < -0.39 is 0 Å². The van der Waals surface area contributed by atoms with Gasteiger partial charge in [0, 0.05) is 11.3 Å². The first-order valence-corrected chi connectivity index (χ1v) is 9.35. The molecule has 4 nitrogen and oxygen atoms in total. The van der Waals surface area contributed by atoms with Gasteiger partial charge in [0.05, 0.1) is 16.4 Å². The van der Waals surface area contributed by atoms with E-state index in [1.807, 2.05) is 19.1 Å². The van der Waals surface area contributed by atoms with Gasteiger partial charge in [-0.2, -0.15) is 5.10 Å². The normalized spacial score (nSPS) is 13.3. The van der Waals surface area contributed by atoms with Gasteiger partial charge in [0.1, 0.15) is 5.82 Å². The number of carbonyl (C=O) groups is 1. The summed E-state index contributed by atoms with van der Waals surface area (Å²) in [6.07, 6.45) is 3.72. The summed E-state index contributed by atoms with van der Waals surface area (Å²) in [5.41, 5.74) is 4.73. The molecule has 6 heteroatoms. The van der Waals surface area contributed by atoms with E-state index in [2.05, 4.69) is 10.4 Å². The van der Waals surface area contributed by atoms with E-state index >= 15 is 0 Å². The van der Waals surface area contributed by atoms with Crippen LogP contribution < -0.4 is 5.32 Å². The van der Waals surface area contributed by atoms with Crippen LogP contribution in [0.5, 0.6) is 0 Å². The Kier molecular flexibility index (Phi) is 4.70. The van der Waals surface area contributed by atoms with Crippen LogP contribution in [-0.4, -0.2) is 15.7 Å². The molecule has 0 bridgehead atoms. The fourth-order valence-corrected chi connectivity index (χ4v) is 3.76. The number of aromatic nitrogens is 2. The number of nitrogens with one attached hydrogen (secondary N) is 1. The molecule has 0 atom stereocenters. The first-order chi connectivity index (χ1) is 13.0. The average molecular weight is 384 g/mol. The van der Waals surface area contributed by atoms with Crippen molar-refractivity contribution in [3.63, 3.8) is 0 Å². The quantitative estimate of drug-likeness (QED) is 0.683. The molecule has 0 saturated heterocycles. The van der Waals surface area contributed by atoms with Crippen molar-refractivity contribution in [2.45, 2.75) is 32.6 Å². The maximum absolute atomic E-state index is 13.3. The van der Waals surface area contributed by atoms with Crippen molar-refractivity contribution in [3.8, 4) is 5.69 Å². The lowest BCUT2D eigenvalue weighted by Gasteiger charge is -2.14. The fourth-order valence-electron chi connectivity index (χ4n) is 3.48. The number of amides is 1. The Morgan fingerprint density at radius 3 is 2.63 bits per heavy atom. The van der Waals surface area contributed by atoms with Crippen molar-refractivity contribution in [2.24, 2.45) is 0 Å². The fraction of sp³-hybridized carbons (Fsp3) is 0.238. The molecule has 0 saturated carbocycles. The number of anilines is 1. The number of hydrogen-bond acceptors (Lipinski definition) is 2. The molecule has 3 aromatic rings. The van der Waals surface area contributed by atoms with Crippen LogP contribution in [0.25, 0.3) is 5.69 Å². The minimum absolute atomic E-state index is 0.278. The number of nitrogens with zero attached hydrogens (tertiary/aromatic N) is 2. The van der Waals surface area contributed by atoms with Gasteiger partial charge in [-0.3, -0.25) is 4.79 Å². The average Bonchev–Trinajstić information content (AvgIpc) is 3.04. The second-order valence-corrected chi connectivity index (χ2v) is 7.21. The molecule has 0 radical (unpaired) electrons. The smallest absolute Gasteiger partial charge is 0.276 e. The molecular weight excluding hydrogens is 365 g/mol. The molecule has 2 aromatic carbocycles. The lowest BCUT2D eigenvalue weighted by atomic mass is 9.95. The van der Waals surface area contributed by atoms with E-state index in [4.69, 9.17) is 11.6 Å². The van der Waals surface area contributed by atoms with Gasteiger partial charge in [-0.15, -0.1) is 0 Å². The Labute approximate surface area is 162 Å². The highest BCUT2D eigenvalue weighted by Crippen LogP contribution is 2.29. The Balaban J connectivity index is 1.72. The predicted octanol–water partition coefficient (Wildman–Crippen LogP) is 5.10. The molecule has 138 valence electrons. The summed E-state index contributed by atoms with van der Waals surface area (Å²) in [6.45, 7) is 1.94. The third-order valence-corrected chi connectivity index (χ3v) is 5.15. The summed E-state index contributed by atoms with van der Waals surface area (Å²) < 4.78 is 15.0. The van der Waals surface area contributed by atoms with E-state index in [1.54, 1.807) is 22.9 Å². The van der Waals surface area contributed by atoms with Crippen LogP contribution in [-0.2, 0) is 12.8 Å². The third kappa shape index (κ3) is 3.47. The van der Waals surface area contributed by atoms with Crippen LogP contribution in [0.2, 0.25) is 5.02 Å². The zero-order chi connectivity index (χ0) is 19.0. The van der Waals surface area contributed by atoms with Crippen LogP contribution in [0.15, 0.2) is 42.5 Å². The zero-order valence-electron chi connectivity index (χ0n) is 14.9. The van der Waals surface area contributed by atoms with Crippen molar-refractivity contribution in [1.29, 1.82) is 0 Å². The van der Waals surface area contributed by atoms with E-state index in [0.717, 1.165) is 48.2 Å². The topological polar surface area (TPSA) is 46.9 Å². The third-order valence-electron chi connectivity index (χ3n) is 4.84. The van der Waals surface area contributed by atoms with Gasteiger partial charge in [0.15, 0.2) is 5.69 Å². The second kappa shape index (κ2) is 7.16.